The summed E-state index contributed by atoms with van der Waals surface area (Å²) in [5.74, 6) is -0.538. The highest BCUT2D eigenvalue weighted by molar-refractivity contribution is 6.76. The van der Waals surface area contributed by atoms with E-state index in [1.807, 2.05) is 46.2 Å². The first-order valence-electron chi connectivity index (χ1n) is 27.8. The maximum atomic E-state index is 13.5. The molecule has 3 N–H and O–H groups in total. The number of carbonyl (C=O) groups is 2. The highest BCUT2D eigenvalue weighted by Gasteiger charge is 2.27. The second kappa shape index (κ2) is 26.0. The van der Waals surface area contributed by atoms with Crippen molar-refractivity contribution >= 4 is 72.1 Å². The van der Waals surface area contributed by atoms with Gasteiger partial charge >= 0.3 is 13.2 Å². The molecule has 0 atom stereocenters. The third-order valence-corrected chi connectivity index (χ3v) is 16.6. The maximum Gasteiger partial charge on any atom is 0.387 e. The van der Waals surface area contributed by atoms with Crippen molar-refractivity contribution in [2.45, 2.75) is 144 Å². The normalized spacial score (nSPS) is 13.9. The van der Waals surface area contributed by atoms with Crippen LogP contribution >= 0.6 is 0 Å². The molecule has 1 fully saturated rings. The summed E-state index contributed by atoms with van der Waals surface area (Å²) in [6, 6.07) is 11.3. The van der Waals surface area contributed by atoms with Crippen LogP contribution in [0.2, 0.25) is 51.4 Å². The Morgan fingerprint density at radius 2 is 1.18 bits per heavy atom. The van der Waals surface area contributed by atoms with Crippen LogP contribution in [-0.4, -0.2) is 152 Å². The fourth-order valence-corrected chi connectivity index (χ4v) is 10.6. The van der Waals surface area contributed by atoms with Gasteiger partial charge < -0.3 is 43.5 Å². The van der Waals surface area contributed by atoms with Crippen LogP contribution in [0.1, 0.15) is 68.7 Å². The number of benzene rings is 2. The van der Waals surface area contributed by atoms with Crippen LogP contribution in [0.25, 0.3) is 66.9 Å². The van der Waals surface area contributed by atoms with Crippen molar-refractivity contribution in [2.75, 3.05) is 46.1 Å². The van der Waals surface area contributed by atoms with Gasteiger partial charge in [0.25, 0.3) is 11.8 Å². The first-order chi connectivity index (χ1) is 39.1. The van der Waals surface area contributed by atoms with Gasteiger partial charge in [-0.2, -0.15) is 27.8 Å². The topological polar surface area (TPSA) is 216 Å². The van der Waals surface area contributed by atoms with Crippen LogP contribution in [0.4, 0.5) is 17.6 Å². The van der Waals surface area contributed by atoms with E-state index in [0.29, 0.717) is 92.3 Å². The fourth-order valence-electron chi connectivity index (χ4n) is 9.09. The number of amides is 2. The van der Waals surface area contributed by atoms with Crippen molar-refractivity contribution in [3.05, 3.63) is 72.3 Å². The van der Waals surface area contributed by atoms with Gasteiger partial charge in [0, 0.05) is 89.8 Å². The Morgan fingerprint density at radius 1 is 0.687 bits per heavy atom. The predicted octanol–water partition coefficient (Wildman–Crippen LogP) is 11.0. The number of hydrogen-bond acceptors (Lipinski definition) is 14. The van der Waals surface area contributed by atoms with Crippen molar-refractivity contribution in [2.24, 2.45) is 0 Å². The molecule has 1 aliphatic heterocycles. The number of carbonyl (C=O) groups excluding carboxylic acids is 2. The number of aromatic nitrogens is 10. The average molecular weight is 1190 g/mol. The first kappa shape index (κ1) is 62.2. The summed E-state index contributed by atoms with van der Waals surface area (Å²) < 4.78 is 83.8. The van der Waals surface area contributed by atoms with Crippen LogP contribution < -0.4 is 20.1 Å². The molecule has 0 spiro atoms. The van der Waals surface area contributed by atoms with Crippen LogP contribution in [0.5, 0.6) is 11.5 Å². The second-order valence-electron chi connectivity index (χ2n) is 25.1. The highest BCUT2D eigenvalue weighted by atomic mass is 28.3. The maximum absolute atomic E-state index is 13.5. The lowest BCUT2D eigenvalue weighted by molar-refractivity contribution is -0.0504. The van der Waals surface area contributed by atoms with Gasteiger partial charge in [0.05, 0.1) is 47.8 Å². The molecule has 7 heterocycles. The van der Waals surface area contributed by atoms with Crippen LogP contribution in [0.3, 0.4) is 0 Å². The summed E-state index contributed by atoms with van der Waals surface area (Å²) >= 11 is 0. The number of alkyl halides is 4. The van der Waals surface area contributed by atoms with Gasteiger partial charge in [0.1, 0.15) is 58.8 Å². The van der Waals surface area contributed by atoms with Crippen molar-refractivity contribution in [1.82, 2.24) is 64.6 Å². The standard InChI is InChI=1S/C32H45F2N7O4Si.C25H32F2N6O3Si/c1-32(2,3)37-30(42)24-20-40(21-44-16-17-46(4,5)6)29-28(24)36-25(19-35-29)27-23-18-22(45-31(33)34)8-9-26(23)41(38-27)11-7-10-39-12-14-43-15-13-39;1-25(2,3)30-23(34)17-13-33(14-35-9-10-37(4,5)6)22-21(17)29-19(12-28-22)20-16-11-15(36-24(26)27)7-8-18(16)31-32-20/h8-9,18-20,31H,7,10-17,21H2,1-6H3,(H,37,42);7-8,11-13,24H,9-10,14H2,1-6H3,(H,30,34)(H,31,32). The second-order valence-corrected chi connectivity index (χ2v) is 36.3. The van der Waals surface area contributed by atoms with Crippen LogP contribution in [0.15, 0.2) is 61.2 Å². The molecule has 6 aromatic heterocycles. The minimum Gasteiger partial charge on any atom is -0.435 e. The van der Waals surface area contributed by atoms with E-state index < -0.39 is 40.4 Å². The number of rotatable bonds is 22. The number of nitrogens with zero attached hydrogens (tertiary/aromatic N) is 10. The summed E-state index contributed by atoms with van der Waals surface area (Å²) in [7, 11) is -2.53. The zero-order chi connectivity index (χ0) is 60.0. The molecule has 8 aromatic rings. The molecule has 2 aromatic carbocycles. The molecule has 0 aliphatic carbocycles. The smallest absolute Gasteiger partial charge is 0.387 e. The van der Waals surface area contributed by atoms with Crippen molar-refractivity contribution in [3.63, 3.8) is 0 Å². The summed E-state index contributed by atoms with van der Waals surface area (Å²) in [4.78, 5) is 47.9. The van der Waals surface area contributed by atoms with Gasteiger partial charge in [-0.15, -0.1) is 0 Å². The first-order valence-corrected chi connectivity index (χ1v) is 35.2. The lowest BCUT2D eigenvalue weighted by Crippen LogP contribution is -2.40. The van der Waals surface area contributed by atoms with Gasteiger partial charge in [-0.25, -0.2) is 19.9 Å². The van der Waals surface area contributed by atoms with Crippen molar-refractivity contribution < 1.29 is 50.8 Å². The van der Waals surface area contributed by atoms with Crippen molar-refractivity contribution in [1.29, 1.82) is 0 Å². The van der Waals surface area contributed by atoms with E-state index in [9.17, 15) is 27.2 Å². The summed E-state index contributed by atoms with van der Waals surface area (Å²) in [5.41, 5.74) is 4.66. The number of aromatic amines is 1. The van der Waals surface area contributed by atoms with Gasteiger partial charge in [-0.05, 0) is 96.4 Å². The SMILES string of the molecule is CC(C)(C)NC(=O)c1cn(COCC[Si](C)(C)C)c2ncc(-c3n[nH]c4ccc(OC(F)F)cc34)nc12.CC(C)(C)NC(=O)c1cn(COCC[Si](C)(C)C)c2ncc(-c3nn(CCCN4CCOCC4)c4ccc(OC(F)F)cc34)nc12. The zero-order valence-corrected chi connectivity index (χ0v) is 51.5. The number of morpholine rings is 1. The third kappa shape index (κ3) is 16.9. The molecule has 20 nitrogen and oxygen atoms in total. The molecular formula is C57H77F4N13O7Si2. The fraction of sp³-hybridized carbons (Fsp3) is 0.509. The Morgan fingerprint density at radius 3 is 1.67 bits per heavy atom. The molecule has 1 saturated heterocycles. The van der Waals surface area contributed by atoms with E-state index in [0.717, 1.165) is 56.9 Å². The lowest BCUT2D eigenvalue weighted by Gasteiger charge is -2.26. The molecule has 0 unspecified atom stereocenters. The summed E-state index contributed by atoms with van der Waals surface area (Å²) in [6.07, 6.45) is 7.41. The predicted molar refractivity (Wildman–Crippen MR) is 317 cm³/mol. The lowest BCUT2D eigenvalue weighted by atomic mass is 10.1. The molecule has 0 bridgehead atoms. The number of fused-ring (bicyclic) bond motifs is 4. The van der Waals surface area contributed by atoms with E-state index in [-0.39, 0.29) is 36.8 Å². The zero-order valence-electron chi connectivity index (χ0n) is 49.5. The number of aryl methyl sites for hydroxylation is 1. The largest absolute Gasteiger partial charge is 0.435 e. The number of H-pyrrole nitrogens is 1. The quantitative estimate of drug-likeness (QED) is 0.0327. The van der Waals surface area contributed by atoms with E-state index >= 15 is 0 Å². The van der Waals surface area contributed by atoms with E-state index in [2.05, 4.69) is 74.7 Å². The molecule has 0 radical (unpaired) electrons. The molecule has 2 amide bonds. The molecule has 448 valence electrons. The van der Waals surface area contributed by atoms with Crippen molar-refractivity contribution in [3.8, 4) is 34.3 Å². The summed E-state index contributed by atoms with van der Waals surface area (Å²) in [5, 5.41) is 19.2. The van der Waals surface area contributed by atoms with Gasteiger partial charge in [0.15, 0.2) is 11.3 Å². The number of hydrogen-bond donors (Lipinski definition) is 3. The van der Waals surface area contributed by atoms with E-state index in [4.69, 9.17) is 39.0 Å². The Labute approximate surface area is 482 Å². The Balaban J connectivity index is 0.000000222. The van der Waals surface area contributed by atoms with Gasteiger partial charge in [0.2, 0.25) is 0 Å². The Bertz CT molecular complexity index is 3540. The van der Waals surface area contributed by atoms with Gasteiger partial charge in [-0.3, -0.25) is 24.3 Å². The monoisotopic (exact) mass is 1190 g/mol. The number of ether oxygens (including phenoxy) is 5. The van der Waals surface area contributed by atoms with Crippen LogP contribution in [-0.2, 0) is 34.2 Å². The number of halogens is 4. The molecule has 1 aliphatic rings. The van der Waals surface area contributed by atoms with E-state index in [1.165, 1.54) is 18.2 Å². The Hall–Kier alpha value is -6.85. The molecule has 83 heavy (non-hydrogen) atoms. The Kier molecular flexibility index (Phi) is 19.5. The summed E-state index contributed by atoms with van der Waals surface area (Å²) in [6.45, 7) is 25.7. The molecular weight excluding hydrogens is 1110 g/mol. The highest BCUT2D eigenvalue weighted by Crippen LogP contribution is 2.34. The molecule has 0 saturated carbocycles. The molecule has 26 heteroatoms. The average Bonchev–Trinajstić information content (AvgIpc) is 3.44. The minimum absolute atomic E-state index is 0.00560. The number of nitrogens with one attached hydrogen (secondary N) is 3. The molecule has 9 rings (SSSR count). The minimum atomic E-state index is -2.96. The van der Waals surface area contributed by atoms with Crippen LogP contribution in [0, 0.1) is 0 Å². The third-order valence-electron chi connectivity index (χ3n) is 13.2. The van der Waals surface area contributed by atoms with Gasteiger partial charge in [-0.1, -0.05) is 39.3 Å². The van der Waals surface area contributed by atoms with E-state index in [1.54, 1.807) is 52.1 Å².